The normalized spacial score (nSPS) is 14.9. The van der Waals surface area contributed by atoms with E-state index in [-0.39, 0.29) is 38.8 Å². The fourth-order valence-corrected chi connectivity index (χ4v) is 14.2. The zero-order valence-electron chi connectivity index (χ0n) is 35.4. The van der Waals surface area contributed by atoms with Crippen molar-refractivity contribution in [3.8, 4) is 0 Å². The van der Waals surface area contributed by atoms with Crippen molar-refractivity contribution < 1.29 is 0 Å². The van der Waals surface area contributed by atoms with Crippen molar-refractivity contribution in [2.24, 2.45) is 0 Å². The van der Waals surface area contributed by atoms with Gasteiger partial charge in [0.15, 0.2) is 0 Å². The number of hydrogen-bond donors (Lipinski definition) is 0. The van der Waals surface area contributed by atoms with E-state index in [1.807, 2.05) is 0 Å². The molecule has 0 spiro atoms. The van der Waals surface area contributed by atoms with Crippen LogP contribution in [0.15, 0.2) is 158 Å². The van der Waals surface area contributed by atoms with Gasteiger partial charge in [-0.3, -0.25) is 0 Å². The van der Waals surface area contributed by atoms with E-state index in [4.69, 9.17) is 0 Å². The van der Waals surface area contributed by atoms with E-state index in [1.54, 1.807) is 8.67 Å². The van der Waals surface area contributed by atoms with E-state index in [0.717, 1.165) is 0 Å². The first-order valence-electron chi connectivity index (χ1n) is 21.7. The van der Waals surface area contributed by atoms with Crippen LogP contribution in [0, 0.1) is 0 Å². The van der Waals surface area contributed by atoms with Crippen LogP contribution in [0.3, 0.4) is 0 Å². The molecule has 6 heterocycles. The Hall–Kier alpha value is -6.13. The second-order valence-corrected chi connectivity index (χ2v) is 21.6. The number of anilines is 12. The van der Waals surface area contributed by atoms with Crippen molar-refractivity contribution in [1.29, 1.82) is 0 Å². The van der Waals surface area contributed by atoms with Gasteiger partial charge in [-0.05, 0) is 0 Å². The second-order valence-electron chi connectivity index (χ2n) is 19.4. The predicted molar refractivity (Wildman–Crippen MR) is 262 cm³/mol. The monoisotopic (exact) mass is 850 g/mol. The molecule has 7 heteroatoms. The average Bonchev–Trinajstić information content (AvgIpc) is 3.66. The molecule has 0 N–H and O–H groups in total. The summed E-state index contributed by atoms with van der Waals surface area (Å²) in [6.07, 6.45) is 0. The first-order valence-corrected chi connectivity index (χ1v) is 23.4. The molecule has 0 aliphatic carbocycles. The fourth-order valence-electron chi connectivity index (χ4n) is 11.0. The molecular formula is C54H44B2N4Se. The molecule has 0 amide bonds. The molecule has 13 rings (SSSR count). The van der Waals surface area contributed by atoms with Gasteiger partial charge in [0.2, 0.25) is 0 Å². The minimum absolute atomic E-state index is 0.0396. The fraction of sp³-hybridized carbons (Fsp3) is 0.148. The number of rotatable bonds is 2. The Labute approximate surface area is 365 Å². The summed E-state index contributed by atoms with van der Waals surface area (Å²) >= 11 is 0.0396. The molecule has 8 aromatic rings. The Balaban J connectivity index is 1.17. The Morgan fingerprint density at radius 3 is 1.07 bits per heavy atom. The quantitative estimate of drug-likeness (QED) is 0.161. The van der Waals surface area contributed by atoms with Crippen LogP contribution >= 0.6 is 0 Å². The van der Waals surface area contributed by atoms with Gasteiger partial charge < -0.3 is 0 Å². The van der Waals surface area contributed by atoms with Crippen LogP contribution in [-0.2, 0) is 10.8 Å². The van der Waals surface area contributed by atoms with Gasteiger partial charge in [-0.1, -0.05) is 0 Å². The molecule has 0 saturated heterocycles. The third-order valence-corrected chi connectivity index (χ3v) is 16.5. The number of nitrogens with zero attached hydrogens (tertiary/aromatic N) is 4. The third kappa shape index (κ3) is 4.74. The Morgan fingerprint density at radius 2 is 0.689 bits per heavy atom. The van der Waals surface area contributed by atoms with Crippen LogP contribution in [0.4, 0.5) is 68.2 Å². The van der Waals surface area contributed by atoms with E-state index >= 15 is 0 Å². The summed E-state index contributed by atoms with van der Waals surface area (Å²) in [6, 6.07) is 60.0. The van der Waals surface area contributed by atoms with Gasteiger partial charge in [-0.2, -0.15) is 0 Å². The van der Waals surface area contributed by atoms with Gasteiger partial charge in [0.05, 0.1) is 0 Å². The third-order valence-electron chi connectivity index (χ3n) is 13.8. The van der Waals surface area contributed by atoms with Crippen molar-refractivity contribution in [3.63, 3.8) is 0 Å². The molecule has 4 nitrogen and oxygen atoms in total. The summed E-state index contributed by atoms with van der Waals surface area (Å²) in [4.78, 5) is 10.5. The summed E-state index contributed by atoms with van der Waals surface area (Å²) in [5.74, 6) is 0. The van der Waals surface area contributed by atoms with Crippen molar-refractivity contribution in [1.82, 2.24) is 0 Å². The second kappa shape index (κ2) is 12.2. The van der Waals surface area contributed by atoms with Gasteiger partial charge >= 0.3 is 368 Å². The molecule has 292 valence electrons. The van der Waals surface area contributed by atoms with E-state index < -0.39 is 0 Å². The molecule has 1 aromatic heterocycles. The van der Waals surface area contributed by atoms with Crippen LogP contribution in [0.25, 0.3) is 0 Å². The van der Waals surface area contributed by atoms with Crippen molar-refractivity contribution in [3.05, 3.63) is 169 Å². The zero-order chi connectivity index (χ0) is 41.1. The van der Waals surface area contributed by atoms with E-state index in [0.29, 0.717) is 0 Å². The summed E-state index contributed by atoms with van der Waals surface area (Å²) in [7, 11) is 0. The molecule has 0 bridgehead atoms. The summed E-state index contributed by atoms with van der Waals surface area (Å²) < 4.78 is 3.14. The summed E-state index contributed by atoms with van der Waals surface area (Å²) in [6.45, 7) is 14.4. The van der Waals surface area contributed by atoms with Crippen LogP contribution in [0.2, 0.25) is 0 Å². The Morgan fingerprint density at radius 1 is 0.361 bits per heavy atom. The maximum atomic E-state index is 2.71. The summed E-state index contributed by atoms with van der Waals surface area (Å²) in [5, 5.41) is 0. The van der Waals surface area contributed by atoms with Crippen LogP contribution in [0.1, 0.15) is 52.7 Å². The number of benzene rings is 7. The van der Waals surface area contributed by atoms with Gasteiger partial charge in [-0.15, -0.1) is 0 Å². The molecule has 5 aliphatic rings. The predicted octanol–water partition coefficient (Wildman–Crippen LogP) is 9.82. The van der Waals surface area contributed by atoms with E-state index in [1.165, 1.54) is 101 Å². The first-order chi connectivity index (χ1) is 29.6. The molecule has 7 aromatic carbocycles. The first kappa shape index (κ1) is 35.6. The van der Waals surface area contributed by atoms with Gasteiger partial charge in [0.1, 0.15) is 0 Å². The molecule has 0 atom stereocenters. The standard InChI is InChI=1S/C54H44B2N4Se/c1-53(2,3)33-29-43-47-45(31-33)59-41-27-17-18-28-42(41)60-46-32-34(54(4,5)6)30-44-48(46)56(38-24-14-16-26-40(38)58(44)36-21-11-8-12-22-36)52-50(60)49(59)51(61-52)55(47)37-23-13-15-25-39(37)57(43)35-19-9-7-10-20-35/h7-32H,1-6H3. The molecule has 0 unspecified atom stereocenters. The molecule has 0 saturated carbocycles. The maximum absolute atomic E-state index is 2.71. The van der Waals surface area contributed by atoms with E-state index in [2.05, 4.69) is 219 Å². The minimum atomic E-state index is -0.0691. The van der Waals surface area contributed by atoms with Crippen molar-refractivity contribution >= 4 is 127 Å². The van der Waals surface area contributed by atoms with Gasteiger partial charge in [0, 0.05) is 0 Å². The topological polar surface area (TPSA) is 13.0 Å². The molecule has 0 radical (unpaired) electrons. The van der Waals surface area contributed by atoms with E-state index in [9.17, 15) is 0 Å². The van der Waals surface area contributed by atoms with Crippen molar-refractivity contribution in [2.75, 3.05) is 19.6 Å². The number of fused-ring (bicyclic) bond motifs is 11. The summed E-state index contributed by atoms with van der Waals surface area (Å²) in [5.41, 5.74) is 23.7. The van der Waals surface area contributed by atoms with Gasteiger partial charge in [0.25, 0.3) is 0 Å². The number of para-hydroxylation sites is 6. The van der Waals surface area contributed by atoms with Crippen LogP contribution < -0.4 is 50.1 Å². The molecule has 61 heavy (non-hydrogen) atoms. The average molecular weight is 850 g/mol. The Bertz CT molecular complexity index is 2950. The van der Waals surface area contributed by atoms with Crippen LogP contribution in [-0.4, -0.2) is 27.9 Å². The Kier molecular flexibility index (Phi) is 7.15. The number of hydrogen-bond acceptors (Lipinski definition) is 4. The zero-order valence-corrected chi connectivity index (χ0v) is 37.1. The van der Waals surface area contributed by atoms with Crippen LogP contribution in [0.5, 0.6) is 0 Å². The van der Waals surface area contributed by atoms with Crippen molar-refractivity contribution in [2.45, 2.75) is 52.4 Å². The molecular weight excluding hydrogens is 805 g/mol. The SMILES string of the molecule is CC(C)(C)c1cc2c3c(c1)N1c4ccccc4N4c5cc(C(C)(C)C)cc6c5B(c5ccccc5N6c5ccccc5)c5[se]c(c1c54)B3c1ccccc1N2c1ccccc1. The van der Waals surface area contributed by atoms with Gasteiger partial charge in [-0.25, -0.2) is 0 Å². The molecule has 5 aliphatic heterocycles. The molecule has 0 fully saturated rings.